The van der Waals surface area contributed by atoms with E-state index in [0.29, 0.717) is 13.0 Å². The number of halogens is 4. The van der Waals surface area contributed by atoms with E-state index in [1.165, 1.54) is 4.90 Å². The van der Waals surface area contributed by atoms with Crippen molar-refractivity contribution in [3.63, 3.8) is 0 Å². The monoisotopic (exact) mass is 322 g/mol. The number of carbonyl (C=O) groups is 1. The minimum atomic E-state index is -4.48. The molecule has 1 aromatic rings. The van der Waals surface area contributed by atoms with E-state index in [1.54, 1.807) is 0 Å². The summed E-state index contributed by atoms with van der Waals surface area (Å²) >= 11 is 5.77. The van der Waals surface area contributed by atoms with Crippen LogP contribution in [-0.2, 0) is 6.18 Å². The number of anilines is 1. The number of alkyl halides is 3. The highest BCUT2D eigenvalue weighted by molar-refractivity contribution is 6.33. The minimum Gasteiger partial charge on any atom is -0.394 e. The van der Waals surface area contributed by atoms with Gasteiger partial charge in [-0.2, -0.15) is 13.2 Å². The number of aliphatic hydroxyl groups excluding tert-OH is 1. The van der Waals surface area contributed by atoms with Crippen molar-refractivity contribution >= 4 is 23.3 Å². The van der Waals surface area contributed by atoms with E-state index in [2.05, 4.69) is 5.32 Å². The topological polar surface area (TPSA) is 52.6 Å². The molecule has 116 valence electrons. The number of hydrogen-bond donors (Lipinski definition) is 2. The molecule has 0 aliphatic carbocycles. The van der Waals surface area contributed by atoms with Gasteiger partial charge in [0, 0.05) is 6.54 Å². The number of benzene rings is 1. The van der Waals surface area contributed by atoms with Crippen LogP contribution in [0.5, 0.6) is 0 Å². The number of urea groups is 1. The first-order valence-corrected chi connectivity index (χ1v) is 6.76. The summed E-state index contributed by atoms with van der Waals surface area (Å²) in [6.45, 7) is 0.351. The summed E-state index contributed by atoms with van der Waals surface area (Å²) in [6, 6.07) is 2.00. The number of nitrogens with zero attached hydrogens (tertiary/aromatic N) is 1. The molecule has 0 radical (unpaired) electrons. The van der Waals surface area contributed by atoms with E-state index >= 15 is 0 Å². The van der Waals surface area contributed by atoms with Gasteiger partial charge in [-0.05, 0) is 31.0 Å². The fraction of sp³-hybridized carbons (Fsp3) is 0.462. The fourth-order valence-corrected chi connectivity index (χ4v) is 2.50. The molecule has 1 fully saturated rings. The summed E-state index contributed by atoms with van der Waals surface area (Å²) in [7, 11) is 0. The van der Waals surface area contributed by atoms with Gasteiger partial charge < -0.3 is 15.3 Å². The minimum absolute atomic E-state index is 0.109. The predicted octanol–water partition coefficient (Wildman–Crippen LogP) is 3.35. The Kier molecular flexibility index (Phi) is 4.63. The number of rotatable bonds is 2. The van der Waals surface area contributed by atoms with E-state index in [-0.39, 0.29) is 23.4 Å². The molecule has 1 aliphatic heterocycles. The standard InChI is InChI=1S/C13H14ClF3N2O2/c14-10-6-8(13(15,16)17)3-4-11(10)18-12(21)19-5-1-2-9(19)7-20/h3-4,6,9,20H,1-2,5,7H2,(H,18,21)/t9-/m0/s1. The number of amides is 2. The zero-order valence-electron chi connectivity index (χ0n) is 11.0. The van der Waals surface area contributed by atoms with Crippen LogP contribution < -0.4 is 5.32 Å². The van der Waals surface area contributed by atoms with Crippen molar-refractivity contribution in [2.24, 2.45) is 0 Å². The fourth-order valence-electron chi connectivity index (χ4n) is 2.27. The average Bonchev–Trinajstić information content (AvgIpc) is 2.88. The first-order valence-electron chi connectivity index (χ1n) is 6.38. The van der Waals surface area contributed by atoms with Crippen LogP contribution in [0, 0.1) is 0 Å². The lowest BCUT2D eigenvalue weighted by molar-refractivity contribution is -0.137. The second-order valence-electron chi connectivity index (χ2n) is 4.79. The van der Waals surface area contributed by atoms with Crippen LogP contribution in [0.2, 0.25) is 5.02 Å². The van der Waals surface area contributed by atoms with Crippen LogP contribution in [-0.4, -0.2) is 35.2 Å². The van der Waals surface area contributed by atoms with Crippen LogP contribution in [0.4, 0.5) is 23.7 Å². The lowest BCUT2D eigenvalue weighted by atomic mass is 10.2. The highest BCUT2D eigenvalue weighted by atomic mass is 35.5. The normalized spacial score (nSPS) is 18.9. The van der Waals surface area contributed by atoms with Crippen LogP contribution in [0.3, 0.4) is 0 Å². The summed E-state index contributed by atoms with van der Waals surface area (Å²) < 4.78 is 37.6. The zero-order valence-corrected chi connectivity index (χ0v) is 11.7. The number of hydrogen-bond acceptors (Lipinski definition) is 2. The summed E-state index contributed by atoms with van der Waals surface area (Å²) in [6.07, 6.45) is -3.01. The first kappa shape index (κ1) is 15.9. The third-order valence-corrected chi connectivity index (χ3v) is 3.70. The van der Waals surface area contributed by atoms with Gasteiger partial charge in [0.2, 0.25) is 0 Å². The smallest absolute Gasteiger partial charge is 0.394 e. The van der Waals surface area contributed by atoms with Gasteiger partial charge in [0.05, 0.1) is 28.9 Å². The Labute approximate surface area is 124 Å². The summed E-state index contributed by atoms with van der Waals surface area (Å²) in [4.78, 5) is 13.5. The lowest BCUT2D eigenvalue weighted by Gasteiger charge is -2.23. The van der Waals surface area contributed by atoms with Crippen molar-refractivity contribution in [1.82, 2.24) is 4.90 Å². The van der Waals surface area contributed by atoms with E-state index in [1.807, 2.05) is 0 Å². The molecule has 1 aromatic carbocycles. The molecule has 0 saturated carbocycles. The van der Waals surface area contributed by atoms with Gasteiger partial charge in [-0.25, -0.2) is 4.79 Å². The zero-order chi connectivity index (χ0) is 15.6. The van der Waals surface area contributed by atoms with Gasteiger partial charge in [-0.15, -0.1) is 0 Å². The van der Waals surface area contributed by atoms with Crippen molar-refractivity contribution < 1.29 is 23.1 Å². The number of carbonyl (C=O) groups excluding carboxylic acids is 1. The molecule has 21 heavy (non-hydrogen) atoms. The van der Waals surface area contributed by atoms with Gasteiger partial charge in [0.15, 0.2) is 0 Å². The lowest BCUT2D eigenvalue weighted by Crippen LogP contribution is -2.40. The Bertz CT molecular complexity index is 537. The first-order chi connectivity index (χ1) is 9.82. The Hall–Kier alpha value is -1.47. The maximum Gasteiger partial charge on any atom is 0.416 e. The van der Waals surface area contributed by atoms with Crippen molar-refractivity contribution in [3.05, 3.63) is 28.8 Å². The quantitative estimate of drug-likeness (QED) is 0.877. The van der Waals surface area contributed by atoms with Gasteiger partial charge >= 0.3 is 12.2 Å². The molecule has 1 saturated heterocycles. The van der Waals surface area contributed by atoms with Crippen molar-refractivity contribution in [3.8, 4) is 0 Å². The molecule has 8 heteroatoms. The average molecular weight is 323 g/mol. The van der Waals surface area contributed by atoms with E-state index in [4.69, 9.17) is 16.7 Å². The van der Waals surface area contributed by atoms with Crippen molar-refractivity contribution in [2.45, 2.75) is 25.1 Å². The molecule has 2 amide bonds. The van der Waals surface area contributed by atoms with Gasteiger partial charge in [-0.3, -0.25) is 0 Å². The molecule has 0 spiro atoms. The molecule has 0 aromatic heterocycles. The highest BCUT2D eigenvalue weighted by Gasteiger charge is 2.32. The molecule has 1 atom stereocenters. The van der Waals surface area contributed by atoms with E-state index in [9.17, 15) is 18.0 Å². The van der Waals surface area contributed by atoms with Crippen LogP contribution in [0.15, 0.2) is 18.2 Å². The van der Waals surface area contributed by atoms with Crippen molar-refractivity contribution in [2.75, 3.05) is 18.5 Å². The SMILES string of the molecule is O=C(Nc1ccc(C(F)(F)F)cc1Cl)N1CCC[C@H]1CO. The Morgan fingerprint density at radius 1 is 1.48 bits per heavy atom. The third kappa shape index (κ3) is 3.59. The second kappa shape index (κ2) is 6.11. The molecule has 1 aliphatic rings. The Morgan fingerprint density at radius 2 is 2.19 bits per heavy atom. The summed E-state index contributed by atoms with van der Waals surface area (Å²) in [5, 5.41) is 11.4. The number of aliphatic hydroxyl groups is 1. The van der Waals surface area contributed by atoms with Crippen LogP contribution >= 0.6 is 11.6 Å². The number of likely N-dealkylation sites (tertiary alicyclic amines) is 1. The van der Waals surface area contributed by atoms with E-state index in [0.717, 1.165) is 24.6 Å². The molecule has 4 nitrogen and oxygen atoms in total. The van der Waals surface area contributed by atoms with Crippen molar-refractivity contribution in [1.29, 1.82) is 0 Å². The van der Waals surface area contributed by atoms with Crippen LogP contribution in [0.1, 0.15) is 18.4 Å². The Morgan fingerprint density at radius 3 is 2.76 bits per heavy atom. The van der Waals surface area contributed by atoms with Gasteiger partial charge in [-0.1, -0.05) is 11.6 Å². The van der Waals surface area contributed by atoms with Crippen LogP contribution in [0.25, 0.3) is 0 Å². The largest absolute Gasteiger partial charge is 0.416 e. The molecular weight excluding hydrogens is 309 g/mol. The maximum absolute atomic E-state index is 12.5. The molecule has 0 unspecified atom stereocenters. The summed E-state index contributed by atoms with van der Waals surface area (Å²) in [5.74, 6) is 0. The van der Waals surface area contributed by atoms with Gasteiger partial charge in [0.1, 0.15) is 0 Å². The molecule has 1 heterocycles. The third-order valence-electron chi connectivity index (χ3n) is 3.39. The maximum atomic E-state index is 12.5. The summed E-state index contributed by atoms with van der Waals surface area (Å²) in [5.41, 5.74) is -0.766. The second-order valence-corrected chi connectivity index (χ2v) is 5.20. The molecule has 0 bridgehead atoms. The molecular formula is C13H14ClF3N2O2. The predicted molar refractivity (Wildman–Crippen MR) is 72.3 cm³/mol. The Balaban J connectivity index is 2.11. The highest BCUT2D eigenvalue weighted by Crippen LogP contribution is 2.34. The molecule has 2 N–H and O–H groups in total. The number of nitrogens with one attached hydrogen (secondary N) is 1. The molecule has 2 rings (SSSR count). The van der Waals surface area contributed by atoms with Gasteiger partial charge in [0.25, 0.3) is 0 Å². The van der Waals surface area contributed by atoms with E-state index < -0.39 is 17.8 Å².